The van der Waals surface area contributed by atoms with Crippen LogP contribution in [-0.2, 0) is 4.79 Å². The largest absolute Gasteiger partial charge is 0.356 e. The van der Waals surface area contributed by atoms with Gasteiger partial charge in [0.05, 0.1) is 0 Å². The van der Waals surface area contributed by atoms with Gasteiger partial charge in [-0.3, -0.25) is 4.79 Å². The van der Waals surface area contributed by atoms with Gasteiger partial charge in [-0.05, 0) is 32.1 Å². The lowest BCUT2D eigenvalue weighted by molar-refractivity contribution is -0.122. The molecule has 3 rings (SSSR count). The molecule has 0 spiro atoms. The van der Waals surface area contributed by atoms with Crippen molar-refractivity contribution in [3.8, 4) is 0 Å². The Balaban J connectivity index is 1.66. The van der Waals surface area contributed by atoms with Crippen LogP contribution >= 0.6 is 0 Å². The Morgan fingerprint density at radius 1 is 1.16 bits per heavy atom. The molecule has 1 saturated heterocycles. The number of hydrogen-bond donors (Lipinski definition) is 1. The highest BCUT2D eigenvalue weighted by Crippen LogP contribution is 2.27. The van der Waals surface area contributed by atoms with Gasteiger partial charge < -0.3 is 10.2 Å². The summed E-state index contributed by atoms with van der Waals surface area (Å²) in [6, 6.07) is 1.89. The molecule has 1 aromatic heterocycles. The van der Waals surface area contributed by atoms with Crippen LogP contribution < -0.4 is 10.2 Å². The van der Waals surface area contributed by atoms with E-state index in [4.69, 9.17) is 0 Å². The van der Waals surface area contributed by atoms with Crippen LogP contribution in [0.1, 0.15) is 38.5 Å². The van der Waals surface area contributed by atoms with Crippen LogP contribution in [0, 0.1) is 5.92 Å². The predicted octanol–water partition coefficient (Wildman–Crippen LogP) is 2.21. The van der Waals surface area contributed by atoms with Gasteiger partial charge in [-0.2, -0.15) is 0 Å². The van der Waals surface area contributed by atoms with Crippen LogP contribution in [0.5, 0.6) is 0 Å². The molecule has 5 heteroatoms. The molecule has 1 aliphatic heterocycles. The summed E-state index contributed by atoms with van der Waals surface area (Å²) in [6.07, 6.45) is 8.46. The molecule has 1 N–H and O–H groups in total. The lowest BCUT2D eigenvalue weighted by Crippen LogP contribution is -2.31. The van der Waals surface area contributed by atoms with Gasteiger partial charge in [0.2, 0.25) is 5.91 Å². The molecule has 0 bridgehead atoms. The molecule has 19 heavy (non-hydrogen) atoms. The SMILES string of the molecule is O=C(Nc1cc(N2CCCCC2)ncn1)C1CCC1. The lowest BCUT2D eigenvalue weighted by Gasteiger charge is -2.28. The molecule has 0 radical (unpaired) electrons. The third kappa shape index (κ3) is 2.85. The number of nitrogens with one attached hydrogen (secondary N) is 1. The first-order chi connectivity index (χ1) is 9.33. The molecule has 2 fully saturated rings. The van der Waals surface area contributed by atoms with E-state index in [-0.39, 0.29) is 11.8 Å². The maximum Gasteiger partial charge on any atom is 0.228 e. The summed E-state index contributed by atoms with van der Waals surface area (Å²) in [5.74, 6) is 1.86. The second-order valence-corrected chi connectivity index (χ2v) is 5.43. The van der Waals surface area contributed by atoms with Crippen LogP contribution in [0.15, 0.2) is 12.4 Å². The topological polar surface area (TPSA) is 58.1 Å². The number of aromatic nitrogens is 2. The molecule has 1 amide bonds. The van der Waals surface area contributed by atoms with E-state index in [1.165, 1.54) is 25.7 Å². The number of carbonyl (C=O) groups is 1. The lowest BCUT2D eigenvalue weighted by atomic mass is 9.85. The third-order valence-electron chi connectivity index (χ3n) is 4.06. The van der Waals surface area contributed by atoms with Crippen molar-refractivity contribution < 1.29 is 4.79 Å². The van der Waals surface area contributed by atoms with E-state index in [1.807, 2.05) is 6.07 Å². The van der Waals surface area contributed by atoms with Gasteiger partial charge in [0, 0.05) is 25.1 Å². The molecular formula is C14H20N4O. The van der Waals surface area contributed by atoms with Crippen molar-refractivity contribution in [2.75, 3.05) is 23.3 Å². The van der Waals surface area contributed by atoms with E-state index in [0.717, 1.165) is 31.7 Å². The van der Waals surface area contributed by atoms with E-state index in [9.17, 15) is 4.79 Å². The van der Waals surface area contributed by atoms with Gasteiger partial charge >= 0.3 is 0 Å². The Bertz CT molecular complexity index is 453. The molecule has 0 atom stereocenters. The number of rotatable bonds is 3. The van der Waals surface area contributed by atoms with E-state index >= 15 is 0 Å². The first-order valence-electron chi connectivity index (χ1n) is 7.21. The summed E-state index contributed by atoms with van der Waals surface area (Å²) in [5.41, 5.74) is 0. The number of carbonyl (C=O) groups excluding carboxylic acids is 1. The second-order valence-electron chi connectivity index (χ2n) is 5.43. The molecule has 2 aliphatic rings. The molecule has 1 aromatic rings. The van der Waals surface area contributed by atoms with Gasteiger partial charge in [-0.25, -0.2) is 9.97 Å². The second kappa shape index (κ2) is 5.55. The third-order valence-corrected chi connectivity index (χ3v) is 4.06. The molecule has 0 unspecified atom stereocenters. The van der Waals surface area contributed by atoms with Crippen molar-refractivity contribution in [2.45, 2.75) is 38.5 Å². The highest BCUT2D eigenvalue weighted by Gasteiger charge is 2.25. The van der Waals surface area contributed by atoms with Crippen molar-refractivity contribution >= 4 is 17.5 Å². The first kappa shape index (κ1) is 12.4. The van der Waals surface area contributed by atoms with Crippen molar-refractivity contribution in [1.82, 2.24) is 9.97 Å². The van der Waals surface area contributed by atoms with Crippen molar-refractivity contribution in [2.24, 2.45) is 5.92 Å². The Morgan fingerprint density at radius 3 is 2.63 bits per heavy atom. The average Bonchev–Trinajstić information content (AvgIpc) is 2.38. The summed E-state index contributed by atoms with van der Waals surface area (Å²) >= 11 is 0. The van der Waals surface area contributed by atoms with Gasteiger partial charge in [0.25, 0.3) is 0 Å². The van der Waals surface area contributed by atoms with Gasteiger partial charge in [0.1, 0.15) is 18.0 Å². The summed E-state index contributed by atoms with van der Waals surface area (Å²) in [6.45, 7) is 2.10. The molecule has 2 heterocycles. The number of hydrogen-bond acceptors (Lipinski definition) is 4. The Labute approximate surface area is 113 Å². The van der Waals surface area contributed by atoms with Crippen LogP contribution in [0.4, 0.5) is 11.6 Å². The smallest absolute Gasteiger partial charge is 0.228 e. The summed E-state index contributed by atoms with van der Waals surface area (Å²) in [4.78, 5) is 22.6. The minimum atomic E-state index is 0.106. The zero-order chi connectivity index (χ0) is 13.1. The maximum atomic E-state index is 11.9. The Hall–Kier alpha value is -1.65. The Kier molecular flexibility index (Phi) is 3.62. The van der Waals surface area contributed by atoms with Crippen molar-refractivity contribution in [3.63, 3.8) is 0 Å². The van der Waals surface area contributed by atoms with E-state index < -0.39 is 0 Å². The molecule has 0 aromatic carbocycles. The summed E-state index contributed by atoms with van der Waals surface area (Å²) in [5, 5.41) is 2.91. The maximum absolute atomic E-state index is 11.9. The standard InChI is InChI=1S/C14H20N4O/c19-14(11-5-4-6-11)17-12-9-13(16-10-15-12)18-7-2-1-3-8-18/h9-11H,1-8H2,(H,15,16,17,19). The van der Waals surface area contributed by atoms with Crippen molar-refractivity contribution in [1.29, 1.82) is 0 Å². The molecule has 1 saturated carbocycles. The van der Waals surface area contributed by atoms with Crippen LogP contribution in [0.2, 0.25) is 0 Å². The van der Waals surface area contributed by atoms with Gasteiger partial charge in [-0.15, -0.1) is 0 Å². The van der Waals surface area contributed by atoms with Crippen LogP contribution in [0.25, 0.3) is 0 Å². The summed E-state index contributed by atoms with van der Waals surface area (Å²) in [7, 11) is 0. The van der Waals surface area contributed by atoms with Gasteiger partial charge in [0.15, 0.2) is 0 Å². The monoisotopic (exact) mass is 260 g/mol. The number of nitrogens with zero attached hydrogens (tertiary/aromatic N) is 3. The predicted molar refractivity (Wildman–Crippen MR) is 74.1 cm³/mol. The average molecular weight is 260 g/mol. The minimum Gasteiger partial charge on any atom is -0.356 e. The Morgan fingerprint density at radius 2 is 1.95 bits per heavy atom. The van der Waals surface area contributed by atoms with Crippen LogP contribution in [0.3, 0.4) is 0 Å². The quantitative estimate of drug-likeness (QED) is 0.905. The molecule has 5 nitrogen and oxygen atoms in total. The van der Waals surface area contributed by atoms with Crippen LogP contribution in [-0.4, -0.2) is 29.0 Å². The molecule has 102 valence electrons. The van der Waals surface area contributed by atoms with E-state index in [1.54, 1.807) is 6.33 Å². The zero-order valence-corrected chi connectivity index (χ0v) is 11.1. The molecular weight excluding hydrogens is 240 g/mol. The normalized spacial score (nSPS) is 19.9. The van der Waals surface area contributed by atoms with E-state index in [0.29, 0.717) is 5.82 Å². The highest BCUT2D eigenvalue weighted by atomic mass is 16.2. The fraction of sp³-hybridized carbons (Fsp3) is 0.643. The summed E-state index contributed by atoms with van der Waals surface area (Å²) < 4.78 is 0. The minimum absolute atomic E-state index is 0.106. The number of piperidine rings is 1. The fourth-order valence-corrected chi connectivity index (χ4v) is 2.61. The van der Waals surface area contributed by atoms with Crippen molar-refractivity contribution in [3.05, 3.63) is 12.4 Å². The first-order valence-corrected chi connectivity index (χ1v) is 7.21. The number of amides is 1. The fourth-order valence-electron chi connectivity index (χ4n) is 2.61. The zero-order valence-electron chi connectivity index (χ0n) is 11.1. The highest BCUT2D eigenvalue weighted by molar-refractivity contribution is 5.92. The van der Waals surface area contributed by atoms with Gasteiger partial charge in [-0.1, -0.05) is 6.42 Å². The molecule has 1 aliphatic carbocycles. The van der Waals surface area contributed by atoms with E-state index in [2.05, 4.69) is 20.2 Å². The number of anilines is 2.